The molecule has 0 unspecified atom stereocenters. The summed E-state index contributed by atoms with van der Waals surface area (Å²) in [5.74, 6) is 0.475. The average molecular weight is 295 g/mol. The average Bonchev–Trinajstić information content (AvgIpc) is 3.24. The Morgan fingerprint density at radius 3 is 2.82 bits per heavy atom. The van der Waals surface area contributed by atoms with Crippen molar-refractivity contribution < 1.29 is 4.79 Å². The van der Waals surface area contributed by atoms with Crippen LogP contribution in [-0.2, 0) is 0 Å². The molecule has 0 bridgehead atoms. The molecule has 1 aromatic carbocycles. The van der Waals surface area contributed by atoms with Gasteiger partial charge in [0, 0.05) is 36.3 Å². The second-order valence-electron chi connectivity index (χ2n) is 5.69. The summed E-state index contributed by atoms with van der Waals surface area (Å²) in [4.78, 5) is 21.8. The number of carbonyl (C=O) groups excluding carboxylic acids is 1. The molecule has 3 aromatic rings. The number of hydrogen-bond donors (Lipinski definition) is 2. The van der Waals surface area contributed by atoms with Gasteiger partial charge in [0.1, 0.15) is 0 Å². The molecule has 0 saturated carbocycles. The Labute approximate surface area is 127 Å². The topological polar surface area (TPSA) is 77.7 Å². The van der Waals surface area contributed by atoms with Crippen molar-refractivity contribution in [1.82, 2.24) is 25.1 Å². The first-order chi connectivity index (χ1) is 10.8. The molecule has 2 aromatic heterocycles. The number of aromatic amines is 2. The number of nitrogens with one attached hydrogen (secondary N) is 2. The molecule has 1 amide bonds. The summed E-state index contributed by atoms with van der Waals surface area (Å²) in [5.41, 5.74) is 2.59. The van der Waals surface area contributed by atoms with Gasteiger partial charge in [-0.05, 0) is 18.9 Å². The van der Waals surface area contributed by atoms with E-state index < -0.39 is 0 Å². The third-order valence-electron chi connectivity index (χ3n) is 4.41. The number of fused-ring (bicyclic) bond motifs is 1. The summed E-state index contributed by atoms with van der Waals surface area (Å²) in [6, 6.07) is 7.73. The van der Waals surface area contributed by atoms with E-state index in [1.165, 1.54) is 0 Å². The summed E-state index contributed by atoms with van der Waals surface area (Å²) < 4.78 is 0. The van der Waals surface area contributed by atoms with Crippen molar-refractivity contribution in [2.24, 2.45) is 0 Å². The number of rotatable bonds is 2. The van der Waals surface area contributed by atoms with E-state index in [0.29, 0.717) is 11.6 Å². The number of benzene rings is 1. The van der Waals surface area contributed by atoms with Gasteiger partial charge in [-0.1, -0.05) is 18.2 Å². The highest BCUT2D eigenvalue weighted by molar-refractivity contribution is 6.04. The number of amides is 1. The molecule has 6 nitrogen and oxygen atoms in total. The van der Waals surface area contributed by atoms with Gasteiger partial charge in [0.05, 0.1) is 11.8 Å². The SMILES string of the molecule is O=C(c1n[nH]c2ccccc12)N1CCC(c2cnc[nH]2)CC1. The fourth-order valence-electron chi connectivity index (χ4n) is 3.16. The number of piperidine rings is 1. The maximum absolute atomic E-state index is 12.7. The fourth-order valence-corrected chi connectivity index (χ4v) is 3.16. The van der Waals surface area contributed by atoms with E-state index in [4.69, 9.17) is 0 Å². The number of aromatic nitrogens is 4. The lowest BCUT2D eigenvalue weighted by atomic mass is 9.94. The van der Waals surface area contributed by atoms with E-state index in [2.05, 4.69) is 20.2 Å². The van der Waals surface area contributed by atoms with E-state index in [9.17, 15) is 4.79 Å². The van der Waals surface area contributed by atoms with Gasteiger partial charge < -0.3 is 9.88 Å². The molecule has 4 rings (SSSR count). The molecule has 22 heavy (non-hydrogen) atoms. The number of hydrogen-bond acceptors (Lipinski definition) is 3. The number of H-pyrrole nitrogens is 2. The molecule has 0 spiro atoms. The molecule has 1 aliphatic rings. The van der Waals surface area contributed by atoms with Crippen LogP contribution in [0.3, 0.4) is 0 Å². The Morgan fingerprint density at radius 2 is 2.05 bits per heavy atom. The van der Waals surface area contributed by atoms with Crippen molar-refractivity contribution in [2.45, 2.75) is 18.8 Å². The molecule has 1 saturated heterocycles. The molecule has 0 atom stereocenters. The maximum atomic E-state index is 12.7. The second kappa shape index (κ2) is 5.29. The molecular weight excluding hydrogens is 278 g/mol. The van der Waals surface area contributed by atoms with Crippen molar-refractivity contribution in [3.8, 4) is 0 Å². The molecule has 6 heteroatoms. The largest absolute Gasteiger partial charge is 0.348 e. The quantitative estimate of drug-likeness (QED) is 0.761. The van der Waals surface area contributed by atoms with Crippen molar-refractivity contribution in [2.75, 3.05) is 13.1 Å². The number of likely N-dealkylation sites (tertiary alicyclic amines) is 1. The summed E-state index contributed by atoms with van der Waals surface area (Å²) in [6.07, 6.45) is 5.50. The molecule has 2 N–H and O–H groups in total. The van der Waals surface area contributed by atoms with Crippen LogP contribution in [0, 0.1) is 0 Å². The lowest BCUT2D eigenvalue weighted by Gasteiger charge is -2.31. The van der Waals surface area contributed by atoms with Crippen LogP contribution in [0.25, 0.3) is 10.9 Å². The first-order valence-corrected chi connectivity index (χ1v) is 7.53. The molecule has 0 aliphatic carbocycles. The minimum Gasteiger partial charge on any atom is -0.348 e. The van der Waals surface area contributed by atoms with Crippen molar-refractivity contribution in [1.29, 1.82) is 0 Å². The predicted octanol–water partition coefficient (Wildman–Crippen LogP) is 2.31. The van der Waals surface area contributed by atoms with Gasteiger partial charge >= 0.3 is 0 Å². The van der Waals surface area contributed by atoms with Crippen molar-refractivity contribution in [3.63, 3.8) is 0 Å². The van der Waals surface area contributed by atoms with Crippen LogP contribution in [0.15, 0.2) is 36.8 Å². The van der Waals surface area contributed by atoms with Gasteiger partial charge in [-0.3, -0.25) is 9.89 Å². The Kier molecular flexibility index (Phi) is 3.14. The van der Waals surface area contributed by atoms with Crippen LogP contribution in [0.4, 0.5) is 0 Å². The van der Waals surface area contributed by atoms with Crippen LogP contribution in [0.1, 0.15) is 34.9 Å². The van der Waals surface area contributed by atoms with Crippen LogP contribution in [0.5, 0.6) is 0 Å². The van der Waals surface area contributed by atoms with Gasteiger partial charge in [-0.15, -0.1) is 0 Å². The van der Waals surface area contributed by atoms with Gasteiger partial charge in [0.25, 0.3) is 5.91 Å². The lowest BCUT2D eigenvalue weighted by Crippen LogP contribution is -2.38. The zero-order valence-electron chi connectivity index (χ0n) is 12.1. The minimum atomic E-state index is 0.0144. The number of carbonyl (C=O) groups is 1. The van der Waals surface area contributed by atoms with E-state index in [0.717, 1.165) is 42.5 Å². The highest BCUT2D eigenvalue weighted by Crippen LogP contribution is 2.27. The van der Waals surface area contributed by atoms with Crippen LogP contribution < -0.4 is 0 Å². The van der Waals surface area contributed by atoms with Gasteiger partial charge in [0.2, 0.25) is 0 Å². The van der Waals surface area contributed by atoms with Crippen LogP contribution >= 0.6 is 0 Å². The second-order valence-corrected chi connectivity index (χ2v) is 5.69. The van der Waals surface area contributed by atoms with Crippen LogP contribution in [0.2, 0.25) is 0 Å². The van der Waals surface area contributed by atoms with E-state index in [1.807, 2.05) is 35.4 Å². The molecule has 112 valence electrons. The minimum absolute atomic E-state index is 0.0144. The first kappa shape index (κ1) is 13.1. The third kappa shape index (κ3) is 2.16. The molecule has 1 aliphatic heterocycles. The smallest absolute Gasteiger partial charge is 0.274 e. The number of imidazole rings is 1. The normalized spacial score (nSPS) is 16.3. The van der Waals surface area contributed by atoms with Crippen molar-refractivity contribution in [3.05, 3.63) is 48.2 Å². The fraction of sp³-hybridized carbons (Fsp3) is 0.312. The molecule has 0 radical (unpaired) electrons. The number of para-hydroxylation sites is 1. The zero-order valence-corrected chi connectivity index (χ0v) is 12.1. The lowest BCUT2D eigenvalue weighted by molar-refractivity contribution is 0.0708. The molecule has 3 heterocycles. The van der Waals surface area contributed by atoms with Crippen LogP contribution in [-0.4, -0.2) is 44.1 Å². The highest BCUT2D eigenvalue weighted by atomic mass is 16.2. The summed E-state index contributed by atoms with van der Waals surface area (Å²) >= 11 is 0. The van der Waals surface area contributed by atoms with Crippen molar-refractivity contribution >= 4 is 16.8 Å². The Balaban J connectivity index is 1.50. The van der Waals surface area contributed by atoms with E-state index >= 15 is 0 Å². The van der Waals surface area contributed by atoms with E-state index in [-0.39, 0.29) is 5.91 Å². The number of nitrogens with zero attached hydrogens (tertiary/aromatic N) is 3. The zero-order chi connectivity index (χ0) is 14.9. The predicted molar refractivity (Wildman–Crippen MR) is 82.6 cm³/mol. The standard InChI is InChI=1S/C16H17N5O/c22-16(15-12-3-1-2-4-13(12)19-20-15)21-7-5-11(6-8-21)14-9-17-10-18-14/h1-4,9-11H,5-8H2,(H,17,18)(H,19,20). The Hall–Kier alpha value is -2.63. The molecular formula is C16H17N5O. The highest BCUT2D eigenvalue weighted by Gasteiger charge is 2.27. The Bertz CT molecular complexity index is 784. The summed E-state index contributed by atoms with van der Waals surface area (Å²) in [7, 11) is 0. The summed E-state index contributed by atoms with van der Waals surface area (Å²) in [5, 5.41) is 8.03. The molecule has 1 fully saturated rings. The maximum Gasteiger partial charge on any atom is 0.274 e. The van der Waals surface area contributed by atoms with Gasteiger partial charge in [-0.2, -0.15) is 5.10 Å². The summed E-state index contributed by atoms with van der Waals surface area (Å²) in [6.45, 7) is 1.51. The van der Waals surface area contributed by atoms with Gasteiger partial charge in [-0.25, -0.2) is 4.98 Å². The third-order valence-corrected chi connectivity index (χ3v) is 4.41. The van der Waals surface area contributed by atoms with Gasteiger partial charge in [0.15, 0.2) is 5.69 Å². The monoisotopic (exact) mass is 295 g/mol. The Morgan fingerprint density at radius 1 is 1.23 bits per heavy atom. The first-order valence-electron chi connectivity index (χ1n) is 7.53. The van der Waals surface area contributed by atoms with E-state index in [1.54, 1.807) is 6.33 Å².